The third-order valence-corrected chi connectivity index (χ3v) is 0.556. The average molecular weight is 158 g/mol. The zero-order valence-corrected chi connectivity index (χ0v) is 6.81. The molecule has 0 atom stereocenters. The predicted octanol–water partition coefficient (Wildman–Crippen LogP) is 1.22. The normalized spacial score (nSPS) is 6.44. The molecular weight excluding hydrogens is 148 g/mol. The Balaban J connectivity index is 0. The van der Waals surface area contributed by atoms with Crippen molar-refractivity contribution in [1.29, 1.82) is 0 Å². The van der Waals surface area contributed by atoms with Crippen molar-refractivity contribution in [3.05, 3.63) is 37.3 Å². The fourth-order valence-corrected chi connectivity index (χ4v) is 0.321. The van der Waals surface area contributed by atoms with Gasteiger partial charge in [0.05, 0.1) is 0 Å². The Kier molecular flexibility index (Phi) is 14.3. The molecule has 0 heterocycles. The summed E-state index contributed by atoms with van der Waals surface area (Å²) in [6, 6.07) is 10.0. The zero-order chi connectivity index (χ0) is 6.24. The summed E-state index contributed by atoms with van der Waals surface area (Å²) in [6.07, 6.45) is 0. The van der Waals surface area contributed by atoms with Crippen LogP contribution in [0, 0.1) is 6.92 Å². The molecule has 0 bridgehead atoms. The molecule has 0 radical (unpaired) electrons. The molecule has 0 aliphatic rings. The topological polar surface area (TPSA) is 20.2 Å². The van der Waals surface area contributed by atoms with Crippen molar-refractivity contribution in [2.24, 2.45) is 0 Å². The Morgan fingerprint density at radius 2 is 1.67 bits per heavy atom. The first-order chi connectivity index (χ1) is 3.91. The van der Waals surface area contributed by atoms with Gasteiger partial charge in [-0.25, -0.2) is 12.1 Å². The van der Waals surface area contributed by atoms with Crippen LogP contribution in [0.4, 0.5) is 0 Å². The molecule has 0 saturated carbocycles. The minimum atomic E-state index is 0. The monoisotopic (exact) mass is 158 g/mol. The van der Waals surface area contributed by atoms with Crippen LogP contribution >= 0.6 is 0 Å². The van der Waals surface area contributed by atoms with Gasteiger partial charge in [-0.1, -0.05) is 6.61 Å². The molecule has 0 saturated heterocycles. The maximum absolute atomic E-state index is 7.46. The summed E-state index contributed by atoms with van der Waals surface area (Å²) in [5, 5.41) is 7.46. The van der Waals surface area contributed by atoms with Gasteiger partial charge in [-0.15, -0.1) is 0 Å². The first kappa shape index (κ1) is 11.8. The van der Waals surface area contributed by atoms with Gasteiger partial charge in [0.25, 0.3) is 0 Å². The summed E-state index contributed by atoms with van der Waals surface area (Å²) in [4.78, 5) is 0. The van der Waals surface area contributed by atoms with Gasteiger partial charge in [0.1, 0.15) is 0 Å². The van der Waals surface area contributed by atoms with E-state index in [4.69, 9.17) is 5.11 Å². The minimum Gasteiger partial charge on any atom is -0.428 e. The van der Waals surface area contributed by atoms with Crippen molar-refractivity contribution >= 4 is 0 Å². The summed E-state index contributed by atoms with van der Waals surface area (Å²) in [5.74, 6) is 0. The molecule has 0 aliphatic carbocycles. The predicted molar refractivity (Wildman–Crippen MR) is 34.5 cm³/mol. The van der Waals surface area contributed by atoms with Crippen LogP contribution in [0.5, 0.6) is 0 Å². The third kappa shape index (κ3) is 11.5. The second-order valence-corrected chi connectivity index (χ2v) is 1.19. The van der Waals surface area contributed by atoms with E-state index < -0.39 is 0 Å². The van der Waals surface area contributed by atoms with E-state index in [-0.39, 0.29) is 28.3 Å². The van der Waals surface area contributed by atoms with Gasteiger partial charge in [0, 0.05) is 0 Å². The Hall–Kier alpha value is 0.0243. The van der Waals surface area contributed by atoms with Crippen LogP contribution < -0.4 is 0 Å². The number of hydrogen-bond donors (Lipinski definition) is 1. The van der Waals surface area contributed by atoms with Crippen LogP contribution in [0.25, 0.3) is 0 Å². The van der Waals surface area contributed by atoms with Crippen LogP contribution in [-0.2, 0) is 21.7 Å². The van der Waals surface area contributed by atoms with E-state index in [9.17, 15) is 0 Å². The second-order valence-electron chi connectivity index (χ2n) is 1.19. The summed E-state index contributed by atoms with van der Waals surface area (Å²) in [6.45, 7) is 3.04. The molecule has 0 fully saturated rings. The van der Waals surface area contributed by atoms with Gasteiger partial charge >= 0.3 is 21.7 Å². The Morgan fingerprint density at radius 3 is 1.78 bits per heavy atom. The molecule has 1 aromatic carbocycles. The summed E-state index contributed by atoms with van der Waals surface area (Å²) in [5.41, 5.74) is 0. The van der Waals surface area contributed by atoms with E-state index in [1.807, 2.05) is 30.3 Å². The summed E-state index contributed by atoms with van der Waals surface area (Å²) < 4.78 is 0. The average Bonchev–Trinajstić information content (AvgIpc) is 2.17. The number of rotatable bonds is 0. The Labute approximate surface area is 71.0 Å². The fraction of sp³-hybridized carbons (Fsp3) is 0.143. The molecule has 0 unspecified atom stereocenters. The maximum atomic E-state index is 7.46. The maximum Gasteiger partial charge on any atom is 2.00 e. The van der Waals surface area contributed by atoms with E-state index in [2.05, 4.69) is 6.92 Å². The number of hydrogen-bond acceptors (Lipinski definition) is 1. The van der Waals surface area contributed by atoms with Gasteiger partial charge in [-0.2, -0.15) is 18.2 Å². The SMILES string of the molecule is [CH2-]CO.[Ti+2].c1cc[cH-]c1. The van der Waals surface area contributed by atoms with Crippen molar-refractivity contribution in [3.8, 4) is 0 Å². The smallest absolute Gasteiger partial charge is 0.428 e. The molecule has 0 spiro atoms. The molecule has 0 aromatic heterocycles. The van der Waals surface area contributed by atoms with Crippen molar-refractivity contribution in [1.82, 2.24) is 0 Å². The number of aliphatic hydroxyl groups is 1. The van der Waals surface area contributed by atoms with Gasteiger partial charge in [-0.3, -0.25) is 0 Å². The first-order valence-electron chi connectivity index (χ1n) is 2.48. The van der Waals surface area contributed by atoms with Crippen molar-refractivity contribution in [2.45, 2.75) is 0 Å². The largest absolute Gasteiger partial charge is 2.00 e. The van der Waals surface area contributed by atoms with E-state index in [0.717, 1.165) is 0 Å². The van der Waals surface area contributed by atoms with Gasteiger partial charge in [0.15, 0.2) is 0 Å². The van der Waals surface area contributed by atoms with Crippen LogP contribution in [0.2, 0.25) is 0 Å². The molecule has 0 amide bonds. The molecule has 2 heteroatoms. The van der Waals surface area contributed by atoms with E-state index in [0.29, 0.717) is 0 Å². The fourth-order valence-electron chi connectivity index (χ4n) is 0.321. The molecule has 1 N–H and O–H groups in total. The number of aliphatic hydroxyl groups excluding tert-OH is 1. The van der Waals surface area contributed by atoms with Gasteiger partial charge in [0.2, 0.25) is 0 Å². The van der Waals surface area contributed by atoms with E-state index >= 15 is 0 Å². The Morgan fingerprint density at radius 1 is 1.33 bits per heavy atom. The molecule has 9 heavy (non-hydrogen) atoms. The molecule has 0 aliphatic heterocycles. The minimum absolute atomic E-state index is 0. The van der Waals surface area contributed by atoms with E-state index in [1.54, 1.807) is 0 Å². The van der Waals surface area contributed by atoms with Gasteiger partial charge in [-0.05, 0) is 0 Å². The quantitative estimate of drug-likeness (QED) is 0.444. The molecular formula is C7H10OTi. The van der Waals surface area contributed by atoms with Crippen molar-refractivity contribution in [3.63, 3.8) is 0 Å². The first-order valence-corrected chi connectivity index (χ1v) is 2.48. The Bertz CT molecular complexity index is 75.8. The van der Waals surface area contributed by atoms with E-state index in [1.165, 1.54) is 0 Å². The van der Waals surface area contributed by atoms with Crippen LogP contribution in [0.15, 0.2) is 30.3 Å². The zero-order valence-electron chi connectivity index (χ0n) is 5.25. The van der Waals surface area contributed by atoms with Crippen molar-refractivity contribution in [2.75, 3.05) is 6.61 Å². The molecule has 1 rings (SSSR count). The van der Waals surface area contributed by atoms with Crippen molar-refractivity contribution < 1.29 is 26.8 Å². The standard InChI is InChI=1S/C5H5.C2H5O.Ti/c1-2-4-5-3-1;1-2-3;/h1-5H;3H,1-2H2;/q2*-1;+2. The third-order valence-electron chi connectivity index (χ3n) is 0.556. The summed E-state index contributed by atoms with van der Waals surface area (Å²) >= 11 is 0. The van der Waals surface area contributed by atoms with Crippen LogP contribution in [0.3, 0.4) is 0 Å². The molecule has 1 nitrogen and oxygen atoms in total. The molecule has 48 valence electrons. The summed E-state index contributed by atoms with van der Waals surface area (Å²) in [7, 11) is 0. The van der Waals surface area contributed by atoms with Crippen LogP contribution in [-0.4, -0.2) is 11.7 Å². The van der Waals surface area contributed by atoms with Crippen LogP contribution in [0.1, 0.15) is 0 Å². The molecule has 1 aromatic rings. The second kappa shape index (κ2) is 10.9. The van der Waals surface area contributed by atoms with Gasteiger partial charge < -0.3 is 12.0 Å².